The third-order valence-electron chi connectivity index (χ3n) is 4.39. The van der Waals surface area contributed by atoms with Crippen LogP contribution in [0.3, 0.4) is 0 Å². The highest BCUT2D eigenvalue weighted by Gasteiger charge is 2.52. The largest absolute Gasteiger partial charge is 0.350 e. The first-order valence-corrected chi connectivity index (χ1v) is 8.43. The fraction of sp³-hybridized carbons (Fsp3) is 0.263. The second kappa shape index (κ2) is 7.23. The number of benzene rings is 2. The van der Waals surface area contributed by atoms with Gasteiger partial charge in [-0.15, -0.1) is 0 Å². The van der Waals surface area contributed by atoms with Crippen molar-refractivity contribution in [3.8, 4) is 0 Å². The summed E-state index contributed by atoms with van der Waals surface area (Å²) >= 11 is 5.81. The molecule has 0 radical (unpaired) electrons. The molecule has 2 amide bonds. The van der Waals surface area contributed by atoms with Crippen LogP contribution in [0, 0.1) is 5.82 Å². The Morgan fingerprint density at radius 1 is 1.04 bits per heavy atom. The van der Waals surface area contributed by atoms with E-state index in [0.717, 1.165) is 5.56 Å². The molecule has 0 atom stereocenters. The molecule has 2 N–H and O–H groups in total. The average Bonchev–Trinajstić information content (AvgIpc) is 3.41. The summed E-state index contributed by atoms with van der Waals surface area (Å²) in [7, 11) is 0. The third kappa shape index (κ3) is 3.99. The van der Waals surface area contributed by atoms with Gasteiger partial charge < -0.3 is 10.6 Å². The van der Waals surface area contributed by atoms with Crippen molar-refractivity contribution >= 4 is 23.4 Å². The highest BCUT2D eigenvalue weighted by Crippen LogP contribution is 2.49. The van der Waals surface area contributed by atoms with Crippen molar-refractivity contribution in [3.05, 3.63) is 70.5 Å². The molecule has 1 aliphatic rings. The molecule has 4 nitrogen and oxygen atoms in total. The SMILES string of the molecule is O=C(CNC(=O)C1(c2ccccc2F)CC1)NCc1ccc(Cl)cc1. The predicted octanol–water partition coefficient (Wildman–Crippen LogP) is 2.94. The lowest BCUT2D eigenvalue weighted by Gasteiger charge is -2.16. The molecule has 6 heteroatoms. The minimum atomic E-state index is -0.832. The van der Waals surface area contributed by atoms with E-state index in [0.29, 0.717) is 30.0 Å². The van der Waals surface area contributed by atoms with Crippen molar-refractivity contribution in [1.82, 2.24) is 10.6 Å². The highest BCUT2D eigenvalue weighted by molar-refractivity contribution is 6.30. The number of carbonyl (C=O) groups is 2. The molecule has 25 heavy (non-hydrogen) atoms. The Morgan fingerprint density at radius 3 is 2.36 bits per heavy atom. The van der Waals surface area contributed by atoms with Crippen LogP contribution in [0.5, 0.6) is 0 Å². The van der Waals surface area contributed by atoms with Crippen LogP contribution in [0.1, 0.15) is 24.0 Å². The molecule has 1 saturated carbocycles. The van der Waals surface area contributed by atoms with Crippen LogP contribution in [0.25, 0.3) is 0 Å². The maximum Gasteiger partial charge on any atom is 0.239 e. The fourth-order valence-electron chi connectivity index (χ4n) is 2.79. The van der Waals surface area contributed by atoms with Crippen molar-refractivity contribution in [2.75, 3.05) is 6.54 Å². The molecular weight excluding hydrogens is 343 g/mol. The van der Waals surface area contributed by atoms with Crippen molar-refractivity contribution in [1.29, 1.82) is 0 Å². The summed E-state index contributed by atoms with van der Waals surface area (Å²) in [4.78, 5) is 24.3. The summed E-state index contributed by atoms with van der Waals surface area (Å²) in [6, 6.07) is 13.4. The average molecular weight is 361 g/mol. The lowest BCUT2D eigenvalue weighted by Crippen LogP contribution is -2.41. The van der Waals surface area contributed by atoms with Gasteiger partial charge in [-0.3, -0.25) is 9.59 Å². The molecule has 3 rings (SSSR count). The van der Waals surface area contributed by atoms with E-state index in [1.807, 2.05) is 12.1 Å². The zero-order valence-electron chi connectivity index (χ0n) is 13.5. The summed E-state index contributed by atoms with van der Waals surface area (Å²) < 4.78 is 14.0. The molecule has 0 bridgehead atoms. The van der Waals surface area contributed by atoms with Gasteiger partial charge in [-0.05, 0) is 36.6 Å². The number of hydrogen-bond acceptors (Lipinski definition) is 2. The first kappa shape index (κ1) is 17.4. The van der Waals surface area contributed by atoms with E-state index in [4.69, 9.17) is 11.6 Å². The van der Waals surface area contributed by atoms with Crippen molar-refractivity contribution in [2.24, 2.45) is 0 Å². The monoisotopic (exact) mass is 360 g/mol. The zero-order chi connectivity index (χ0) is 17.9. The van der Waals surface area contributed by atoms with E-state index < -0.39 is 5.41 Å². The van der Waals surface area contributed by atoms with Gasteiger partial charge in [-0.2, -0.15) is 0 Å². The molecule has 0 heterocycles. The van der Waals surface area contributed by atoms with Crippen LogP contribution in [-0.4, -0.2) is 18.4 Å². The third-order valence-corrected chi connectivity index (χ3v) is 4.64. The van der Waals surface area contributed by atoms with Crippen LogP contribution < -0.4 is 10.6 Å². The van der Waals surface area contributed by atoms with Gasteiger partial charge in [0.2, 0.25) is 11.8 Å². The molecule has 0 spiro atoms. The smallest absolute Gasteiger partial charge is 0.239 e. The van der Waals surface area contributed by atoms with Gasteiger partial charge in [-0.1, -0.05) is 41.9 Å². The number of halogens is 2. The van der Waals surface area contributed by atoms with Crippen LogP contribution in [0.15, 0.2) is 48.5 Å². The van der Waals surface area contributed by atoms with Gasteiger partial charge >= 0.3 is 0 Å². The Bertz CT molecular complexity index is 788. The van der Waals surface area contributed by atoms with Crippen LogP contribution in [0.2, 0.25) is 5.02 Å². The van der Waals surface area contributed by atoms with Crippen molar-refractivity contribution in [2.45, 2.75) is 24.8 Å². The van der Waals surface area contributed by atoms with Crippen LogP contribution >= 0.6 is 11.6 Å². The van der Waals surface area contributed by atoms with Crippen molar-refractivity contribution < 1.29 is 14.0 Å². The second-order valence-electron chi connectivity index (χ2n) is 6.15. The summed E-state index contributed by atoms with van der Waals surface area (Å²) in [5.41, 5.74) is 0.477. The van der Waals surface area contributed by atoms with Gasteiger partial charge in [-0.25, -0.2) is 4.39 Å². The molecule has 0 aliphatic heterocycles. The lowest BCUT2D eigenvalue weighted by atomic mass is 9.94. The van der Waals surface area contributed by atoms with Gasteiger partial charge in [0.05, 0.1) is 12.0 Å². The first-order valence-electron chi connectivity index (χ1n) is 8.06. The number of carbonyl (C=O) groups excluding carboxylic acids is 2. The highest BCUT2D eigenvalue weighted by atomic mass is 35.5. The van der Waals surface area contributed by atoms with E-state index >= 15 is 0 Å². The fourth-order valence-corrected chi connectivity index (χ4v) is 2.91. The summed E-state index contributed by atoms with van der Waals surface area (Å²) in [6.07, 6.45) is 1.18. The van der Waals surface area contributed by atoms with Crippen LogP contribution in [0.4, 0.5) is 4.39 Å². The molecule has 1 fully saturated rings. The number of hydrogen-bond donors (Lipinski definition) is 2. The number of amides is 2. The van der Waals surface area contributed by atoms with Gasteiger partial charge in [0.15, 0.2) is 0 Å². The Balaban J connectivity index is 1.51. The van der Waals surface area contributed by atoms with E-state index in [1.165, 1.54) is 6.07 Å². The number of nitrogens with one attached hydrogen (secondary N) is 2. The molecule has 0 aromatic heterocycles. The van der Waals surface area contributed by atoms with E-state index in [9.17, 15) is 14.0 Å². The van der Waals surface area contributed by atoms with Gasteiger partial charge in [0, 0.05) is 17.1 Å². The predicted molar refractivity (Wildman–Crippen MR) is 93.6 cm³/mol. The summed E-state index contributed by atoms with van der Waals surface area (Å²) in [5, 5.41) is 5.97. The van der Waals surface area contributed by atoms with E-state index in [1.54, 1.807) is 30.3 Å². The Hall–Kier alpha value is -2.40. The molecule has 1 aliphatic carbocycles. The van der Waals surface area contributed by atoms with Gasteiger partial charge in [0.1, 0.15) is 5.82 Å². The Labute approximate surface area is 150 Å². The van der Waals surface area contributed by atoms with E-state index in [2.05, 4.69) is 10.6 Å². The molecule has 2 aromatic rings. The molecule has 0 unspecified atom stereocenters. The van der Waals surface area contributed by atoms with Crippen molar-refractivity contribution in [3.63, 3.8) is 0 Å². The normalized spacial score (nSPS) is 14.6. The number of rotatable bonds is 6. The topological polar surface area (TPSA) is 58.2 Å². The minimum absolute atomic E-state index is 0.136. The summed E-state index contributed by atoms with van der Waals surface area (Å²) in [5.74, 6) is -0.991. The molecule has 130 valence electrons. The maximum atomic E-state index is 14.0. The molecular formula is C19H18ClFN2O2. The van der Waals surface area contributed by atoms with Gasteiger partial charge in [0.25, 0.3) is 0 Å². The Kier molecular flexibility index (Phi) is 5.04. The lowest BCUT2D eigenvalue weighted by molar-refractivity contribution is -0.127. The Morgan fingerprint density at radius 2 is 1.72 bits per heavy atom. The maximum absolute atomic E-state index is 14.0. The van der Waals surface area contributed by atoms with Crippen LogP contribution in [-0.2, 0) is 21.5 Å². The summed E-state index contributed by atoms with van der Waals surface area (Å²) in [6.45, 7) is 0.215. The minimum Gasteiger partial charge on any atom is -0.350 e. The van der Waals surface area contributed by atoms with E-state index in [-0.39, 0.29) is 24.2 Å². The molecule has 0 saturated heterocycles. The second-order valence-corrected chi connectivity index (χ2v) is 6.58. The zero-order valence-corrected chi connectivity index (χ0v) is 14.3. The molecule has 2 aromatic carbocycles. The quantitative estimate of drug-likeness (QED) is 0.832. The first-order chi connectivity index (χ1) is 12.0. The standard InChI is InChI=1S/C19H18ClFN2O2/c20-14-7-5-13(6-8-14)11-22-17(24)12-23-18(25)19(9-10-19)15-3-1-2-4-16(15)21/h1-8H,9-12H2,(H,22,24)(H,23,25).